The molecule has 0 fully saturated rings. The predicted octanol–water partition coefficient (Wildman–Crippen LogP) is 2.13. The van der Waals surface area contributed by atoms with E-state index < -0.39 is 0 Å². The summed E-state index contributed by atoms with van der Waals surface area (Å²) in [5.41, 5.74) is 5.46. The van der Waals surface area contributed by atoms with Crippen LogP contribution in [0.3, 0.4) is 0 Å². The van der Waals surface area contributed by atoms with Gasteiger partial charge in [0.15, 0.2) is 5.06 Å². The SMILES string of the molecule is NCc1cc2sc(O)cc2s1. The normalized spacial score (nSPS) is 11.0. The van der Waals surface area contributed by atoms with Crippen LogP contribution in [0.4, 0.5) is 0 Å². The summed E-state index contributed by atoms with van der Waals surface area (Å²) in [6.07, 6.45) is 0. The fraction of sp³-hybridized carbons (Fsp3) is 0.143. The summed E-state index contributed by atoms with van der Waals surface area (Å²) in [6, 6.07) is 3.81. The third-order valence-corrected chi connectivity index (χ3v) is 3.56. The van der Waals surface area contributed by atoms with Gasteiger partial charge in [0.05, 0.1) is 0 Å². The van der Waals surface area contributed by atoms with Crippen molar-refractivity contribution in [2.45, 2.75) is 6.54 Å². The van der Waals surface area contributed by atoms with Gasteiger partial charge in [-0.15, -0.1) is 11.3 Å². The number of fused-ring (bicyclic) bond motifs is 1. The van der Waals surface area contributed by atoms with Crippen LogP contribution in [0.1, 0.15) is 4.88 Å². The second-order valence-electron chi connectivity index (χ2n) is 2.23. The van der Waals surface area contributed by atoms with Crippen molar-refractivity contribution in [3.63, 3.8) is 0 Å². The van der Waals surface area contributed by atoms with Crippen LogP contribution in [0.15, 0.2) is 12.1 Å². The maximum Gasteiger partial charge on any atom is 0.173 e. The van der Waals surface area contributed by atoms with Gasteiger partial charge in [-0.1, -0.05) is 11.3 Å². The van der Waals surface area contributed by atoms with Crippen LogP contribution < -0.4 is 5.73 Å². The van der Waals surface area contributed by atoms with Crippen LogP contribution in [-0.2, 0) is 6.54 Å². The lowest BCUT2D eigenvalue weighted by molar-refractivity contribution is 0.491. The molecule has 2 aromatic heterocycles. The smallest absolute Gasteiger partial charge is 0.173 e. The summed E-state index contributed by atoms with van der Waals surface area (Å²) in [5.74, 6) is 0. The van der Waals surface area contributed by atoms with Crippen LogP contribution in [0.5, 0.6) is 5.06 Å². The molecule has 0 spiro atoms. The Kier molecular flexibility index (Phi) is 1.60. The van der Waals surface area contributed by atoms with E-state index in [2.05, 4.69) is 0 Å². The molecule has 0 bridgehead atoms. The Bertz CT molecular complexity index is 345. The summed E-state index contributed by atoms with van der Waals surface area (Å²) < 4.78 is 2.26. The monoisotopic (exact) mass is 185 g/mol. The largest absolute Gasteiger partial charge is 0.499 e. The van der Waals surface area contributed by atoms with Crippen LogP contribution in [0, 0.1) is 0 Å². The van der Waals surface area contributed by atoms with E-state index in [4.69, 9.17) is 10.8 Å². The number of hydrogen-bond donors (Lipinski definition) is 2. The molecule has 11 heavy (non-hydrogen) atoms. The maximum atomic E-state index is 9.10. The third kappa shape index (κ3) is 1.13. The first-order valence-electron chi connectivity index (χ1n) is 3.21. The Morgan fingerprint density at radius 3 is 2.64 bits per heavy atom. The number of thiophene rings is 2. The maximum absolute atomic E-state index is 9.10. The van der Waals surface area contributed by atoms with Gasteiger partial charge < -0.3 is 10.8 Å². The summed E-state index contributed by atoms with van der Waals surface area (Å²) in [6.45, 7) is 0.590. The van der Waals surface area contributed by atoms with Gasteiger partial charge in [-0.05, 0) is 6.07 Å². The quantitative estimate of drug-likeness (QED) is 0.715. The lowest BCUT2D eigenvalue weighted by Gasteiger charge is -1.82. The zero-order valence-electron chi connectivity index (χ0n) is 5.70. The third-order valence-electron chi connectivity index (χ3n) is 1.45. The first-order chi connectivity index (χ1) is 5.29. The van der Waals surface area contributed by atoms with Crippen molar-refractivity contribution in [1.82, 2.24) is 0 Å². The summed E-state index contributed by atoms with van der Waals surface area (Å²) in [7, 11) is 0. The molecule has 2 nitrogen and oxygen atoms in total. The number of rotatable bonds is 1. The Hall–Kier alpha value is -0.580. The van der Waals surface area contributed by atoms with E-state index in [9.17, 15) is 0 Å². The molecule has 2 aromatic rings. The molecule has 4 heteroatoms. The zero-order chi connectivity index (χ0) is 7.84. The lowest BCUT2D eigenvalue weighted by Crippen LogP contribution is -1.90. The predicted molar refractivity (Wildman–Crippen MR) is 49.3 cm³/mol. The molecule has 2 heterocycles. The molecule has 0 saturated carbocycles. The Morgan fingerprint density at radius 2 is 2.00 bits per heavy atom. The van der Waals surface area contributed by atoms with Crippen molar-refractivity contribution < 1.29 is 5.11 Å². The zero-order valence-corrected chi connectivity index (χ0v) is 7.34. The van der Waals surface area contributed by atoms with Crippen LogP contribution in [0.2, 0.25) is 0 Å². The molecule has 0 unspecified atom stereocenters. The van der Waals surface area contributed by atoms with Crippen molar-refractivity contribution in [3.05, 3.63) is 17.0 Å². The van der Waals surface area contributed by atoms with E-state index in [-0.39, 0.29) is 0 Å². The highest BCUT2D eigenvalue weighted by atomic mass is 32.1. The molecule has 0 aliphatic carbocycles. The van der Waals surface area contributed by atoms with Crippen LogP contribution in [-0.4, -0.2) is 5.11 Å². The van der Waals surface area contributed by atoms with E-state index in [1.54, 1.807) is 17.4 Å². The van der Waals surface area contributed by atoms with Gasteiger partial charge in [-0.25, -0.2) is 0 Å². The van der Waals surface area contributed by atoms with Crippen molar-refractivity contribution in [2.24, 2.45) is 5.73 Å². The van der Waals surface area contributed by atoms with Gasteiger partial charge >= 0.3 is 0 Å². The van der Waals surface area contributed by atoms with Gasteiger partial charge in [0.25, 0.3) is 0 Å². The molecule has 0 aliphatic heterocycles. The van der Waals surface area contributed by atoms with Crippen molar-refractivity contribution in [2.75, 3.05) is 0 Å². The second-order valence-corrected chi connectivity index (χ2v) is 4.46. The van der Waals surface area contributed by atoms with E-state index in [0.29, 0.717) is 11.6 Å². The van der Waals surface area contributed by atoms with Crippen LogP contribution >= 0.6 is 22.7 Å². The molecule has 2 rings (SSSR count). The van der Waals surface area contributed by atoms with Crippen molar-refractivity contribution in [1.29, 1.82) is 0 Å². The highest BCUT2D eigenvalue weighted by molar-refractivity contribution is 7.28. The lowest BCUT2D eigenvalue weighted by atomic mass is 10.4. The average molecular weight is 185 g/mol. The molecule has 58 valence electrons. The van der Waals surface area contributed by atoms with Gasteiger partial charge in [-0.2, -0.15) is 0 Å². The second kappa shape index (κ2) is 2.48. The standard InChI is InChI=1S/C7H7NOS2/c8-3-4-1-5-6(10-4)2-7(9)11-5/h1-2,9H,3,8H2. The van der Waals surface area contributed by atoms with E-state index in [1.807, 2.05) is 6.07 Å². The van der Waals surface area contributed by atoms with Crippen LogP contribution in [0.25, 0.3) is 9.40 Å². The fourth-order valence-corrected chi connectivity index (χ4v) is 3.01. The highest BCUT2D eigenvalue weighted by Gasteiger charge is 2.03. The highest BCUT2D eigenvalue weighted by Crippen LogP contribution is 2.36. The molecule has 3 N–H and O–H groups in total. The molecular weight excluding hydrogens is 178 g/mol. The average Bonchev–Trinajstić information content (AvgIpc) is 2.43. The Balaban J connectivity index is 2.64. The number of hydrogen-bond acceptors (Lipinski definition) is 4. The number of nitrogens with two attached hydrogens (primary N) is 1. The van der Waals surface area contributed by atoms with Gasteiger partial charge in [0, 0.05) is 26.9 Å². The fourth-order valence-electron chi connectivity index (χ4n) is 0.974. The molecule has 0 aromatic carbocycles. The summed E-state index contributed by atoms with van der Waals surface area (Å²) >= 11 is 3.04. The van der Waals surface area contributed by atoms with Gasteiger partial charge in [0.1, 0.15) is 0 Å². The van der Waals surface area contributed by atoms with Gasteiger partial charge in [-0.3, -0.25) is 0 Å². The first kappa shape index (κ1) is 7.09. The van der Waals surface area contributed by atoms with E-state index in [1.165, 1.54) is 16.2 Å². The van der Waals surface area contributed by atoms with Gasteiger partial charge in [0.2, 0.25) is 0 Å². The number of aromatic hydroxyl groups is 1. The summed E-state index contributed by atoms with van der Waals surface area (Å²) in [4.78, 5) is 1.17. The van der Waals surface area contributed by atoms with Crippen molar-refractivity contribution >= 4 is 32.1 Å². The molecule has 0 aliphatic rings. The minimum atomic E-state index is 0.384. The molecule has 0 atom stereocenters. The molecular formula is C7H7NOS2. The van der Waals surface area contributed by atoms with E-state index in [0.717, 1.165) is 9.40 Å². The van der Waals surface area contributed by atoms with Crippen molar-refractivity contribution in [3.8, 4) is 5.06 Å². The first-order valence-corrected chi connectivity index (χ1v) is 4.84. The minimum Gasteiger partial charge on any atom is -0.499 e. The Labute approximate surface area is 71.9 Å². The van der Waals surface area contributed by atoms with E-state index >= 15 is 0 Å². The molecule has 0 amide bonds. The minimum absolute atomic E-state index is 0.384. The summed E-state index contributed by atoms with van der Waals surface area (Å²) in [5, 5.41) is 9.49. The topological polar surface area (TPSA) is 46.2 Å². The Morgan fingerprint density at radius 1 is 1.27 bits per heavy atom. The molecule has 0 radical (unpaired) electrons. The molecule has 0 saturated heterocycles.